The van der Waals surface area contributed by atoms with E-state index < -0.39 is 0 Å². The largest absolute Gasteiger partial charge is 0.489 e. The van der Waals surface area contributed by atoms with Gasteiger partial charge in [0.05, 0.1) is 5.56 Å². The molecule has 1 aliphatic carbocycles. The summed E-state index contributed by atoms with van der Waals surface area (Å²) in [5.41, 5.74) is 3.37. The Morgan fingerprint density at radius 3 is 1.69 bits per heavy atom. The molecule has 2 unspecified atom stereocenters. The summed E-state index contributed by atoms with van der Waals surface area (Å²) in [6.45, 7) is 8.64. The van der Waals surface area contributed by atoms with Gasteiger partial charge < -0.3 is 20.1 Å². The van der Waals surface area contributed by atoms with Gasteiger partial charge in [-0.2, -0.15) is 0 Å². The van der Waals surface area contributed by atoms with Gasteiger partial charge in [-0.1, -0.05) is 51.0 Å². The van der Waals surface area contributed by atoms with Gasteiger partial charge in [0, 0.05) is 16.7 Å². The lowest BCUT2D eigenvalue weighted by atomic mass is 9.89. The molecule has 2 aliphatic heterocycles. The molecular weight excluding hydrogens is 448 g/mol. The van der Waals surface area contributed by atoms with Crippen LogP contribution < -0.4 is 20.1 Å². The van der Waals surface area contributed by atoms with Gasteiger partial charge in [-0.15, -0.1) is 0 Å². The van der Waals surface area contributed by atoms with Crippen molar-refractivity contribution < 1.29 is 14.3 Å². The molecule has 36 heavy (non-hydrogen) atoms. The smallest absolute Gasteiger partial charge is 0.198 e. The van der Waals surface area contributed by atoms with Crippen LogP contribution in [0.15, 0.2) is 36.4 Å². The molecule has 5 heteroatoms. The lowest BCUT2D eigenvalue weighted by molar-refractivity contribution is 0.0961. The molecule has 0 saturated carbocycles. The second-order valence-corrected chi connectivity index (χ2v) is 10.8. The number of benzene rings is 2. The summed E-state index contributed by atoms with van der Waals surface area (Å²) in [7, 11) is 0. The second-order valence-electron chi connectivity index (χ2n) is 10.8. The Hall–Kier alpha value is -2.37. The molecule has 0 amide bonds. The van der Waals surface area contributed by atoms with Crippen LogP contribution in [-0.2, 0) is 0 Å². The van der Waals surface area contributed by atoms with E-state index in [9.17, 15) is 4.79 Å². The maximum absolute atomic E-state index is 13.7. The van der Waals surface area contributed by atoms with Gasteiger partial charge in [0.1, 0.15) is 23.7 Å². The van der Waals surface area contributed by atoms with Gasteiger partial charge in [0.2, 0.25) is 0 Å². The van der Waals surface area contributed by atoms with Crippen molar-refractivity contribution in [2.45, 2.75) is 77.4 Å². The number of rotatable bonds is 10. The first-order valence-electron chi connectivity index (χ1n) is 14.3. The third-order valence-corrected chi connectivity index (χ3v) is 8.32. The summed E-state index contributed by atoms with van der Waals surface area (Å²) in [6, 6.07) is 12.1. The molecule has 3 aliphatic rings. The Kier molecular flexibility index (Phi) is 8.28. The summed E-state index contributed by atoms with van der Waals surface area (Å²) < 4.78 is 13.5. The van der Waals surface area contributed by atoms with Crippen LogP contribution in [0.2, 0.25) is 0 Å². The van der Waals surface area contributed by atoms with Crippen molar-refractivity contribution in [3.63, 3.8) is 0 Å². The average molecular weight is 491 g/mol. The molecule has 2 N–H and O–H groups in total. The normalized spacial score (nSPS) is 20.0. The summed E-state index contributed by atoms with van der Waals surface area (Å²) in [4.78, 5) is 13.7. The quantitative estimate of drug-likeness (QED) is 0.365. The molecule has 2 saturated heterocycles. The Morgan fingerprint density at radius 2 is 1.19 bits per heavy atom. The molecule has 0 spiro atoms. The van der Waals surface area contributed by atoms with E-state index in [-0.39, 0.29) is 18.0 Å². The van der Waals surface area contributed by atoms with Crippen molar-refractivity contribution >= 4 is 5.78 Å². The molecule has 5 rings (SSSR count). The summed E-state index contributed by atoms with van der Waals surface area (Å²) >= 11 is 0. The van der Waals surface area contributed by atoms with E-state index in [1.165, 1.54) is 0 Å². The molecular formula is C31H42N2O3. The maximum atomic E-state index is 13.7. The van der Waals surface area contributed by atoms with Crippen LogP contribution in [0.25, 0.3) is 11.1 Å². The van der Waals surface area contributed by atoms with Crippen molar-refractivity contribution in [3.05, 3.63) is 47.5 Å². The van der Waals surface area contributed by atoms with E-state index in [0.717, 1.165) is 106 Å². The summed E-state index contributed by atoms with van der Waals surface area (Å²) in [5, 5.41) is 6.94. The van der Waals surface area contributed by atoms with E-state index in [1.807, 2.05) is 30.3 Å². The van der Waals surface area contributed by atoms with Crippen LogP contribution in [0.3, 0.4) is 0 Å². The fourth-order valence-corrected chi connectivity index (χ4v) is 6.41. The highest BCUT2D eigenvalue weighted by molar-refractivity contribution is 6.24. The average Bonchev–Trinajstić information content (AvgIpc) is 3.22. The molecule has 0 aromatic heterocycles. The van der Waals surface area contributed by atoms with Gasteiger partial charge >= 0.3 is 0 Å². The fraction of sp³-hybridized carbons (Fsp3) is 0.581. The molecule has 0 bridgehead atoms. The van der Waals surface area contributed by atoms with Crippen LogP contribution in [0.5, 0.6) is 11.5 Å². The molecule has 2 atom stereocenters. The van der Waals surface area contributed by atoms with E-state index in [4.69, 9.17) is 9.47 Å². The number of carbonyl (C=O) groups excluding carboxylic acids is 1. The van der Waals surface area contributed by atoms with Gasteiger partial charge in [0.25, 0.3) is 0 Å². The third kappa shape index (κ3) is 5.19. The Bertz CT molecular complexity index is 1040. The standard InChI is InChI=1S/C31H42N2O3/c1-3-7-25(21-13-17-32-18-14-21)35-27-11-6-10-24-29(27)23-9-5-12-28(30(23)31(24)34)36-26(8-4-2)22-15-19-33-20-16-22/h5-6,9-12,21-22,25-26,32-33H,3-4,7-8,13-20H2,1-2H3. The fourth-order valence-electron chi connectivity index (χ4n) is 6.41. The lowest BCUT2D eigenvalue weighted by Crippen LogP contribution is -2.37. The predicted octanol–water partition coefficient (Wildman–Crippen LogP) is 5.99. The highest BCUT2D eigenvalue weighted by atomic mass is 16.5. The Balaban J connectivity index is 1.45. The minimum Gasteiger partial charge on any atom is -0.489 e. The minimum atomic E-state index is 0.0653. The van der Waals surface area contributed by atoms with Crippen LogP contribution in [0.1, 0.15) is 81.1 Å². The van der Waals surface area contributed by atoms with Crippen LogP contribution >= 0.6 is 0 Å². The minimum absolute atomic E-state index is 0.0653. The summed E-state index contributed by atoms with van der Waals surface area (Å²) in [5.74, 6) is 2.72. The first-order chi connectivity index (χ1) is 17.7. The molecule has 0 radical (unpaired) electrons. The van der Waals surface area contributed by atoms with Crippen LogP contribution in [0.4, 0.5) is 0 Å². The number of carbonyl (C=O) groups is 1. The number of fused-ring (bicyclic) bond motifs is 3. The van der Waals surface area contributed by atoms with Gasteiger partial charge in [0.15, 0.2) is 5.78 Å². The Morgan fingerprint density at radius 1 is 0.722 bits per heavy atom. The molecule has 2 heterocycles. The van der Waals surface area contributed by atoms with E-state index in [1.54, 1.807) is 0 Å². The highest BCUT2D eigenvalue weighted by Gasteiger charge is 2.35. The van der Waals surface area contributed by atoms with Gasteiger partial charge in [-0.25, -0.2) is 0 Å². The SMILES string of the molecule is CCCC(Oc1cccc2c1C(=O)c1cccc(OC(CCC)C3CCNCC3)c1-2)C1CCNCC1. The van der Waals surface area contributed by atoms with Gasteiger partial charge in [-0.3, -0.25) is 4.79 Å². The molecule has 2 fully saturated rings. The third-order valence-electron chi connectivity index (χ3n) is 8.32. The number of nitrogens with one attached hydrogen (secondary N) is 2. The first kappa shape index (κ1) is 25.3. The lowest BCUT2D eigenvalue weighted by Gasteiger charge is -2.32. The topological polar surface area (TPSA) is 59.6 Å². The van der Waals surface area contributed by atoms with Crippen LogP contribution in [-0.4, -0.2) is 44.2 Å². The Labute approximate surface area is 216 Å². The van der Waals surface area contributed by atoms with Crippen molar-refractivity contribution in [2.75, 3.05) is 26.2 Å². The predicted molar refractivity (Wildman–Crippen MR) is 145 cm³/mol. The first-order valence-corrected chi connectivity index (χ1v) is 14.3. The highest BCUT2D eigenvalue weighted by Crippen LogP contribution is 2.47. The van der Waals surface area contributed by atoms with E-state index in [2.05, 4.69) is 30.5 Å². The number of ketones is 1. The monoisotopic (exact) mass is 490 g/mol. The van der Waals surface area contributed by atoms with Crippen molar-refractivity contribution in [1.29, 1.82) is 0 Å². The number of hydrogen-bond donors (Lipinski definition) is 2. The molecule has 5 nitrogen and oxygen atoms in total. The van der Waals surface area contributed by atoms with E-state index in [0.29, 0.717) is 17.4 Å². The van der Waals surface area contributed by atoms with Crippen molar-refractivity contribution in [2.24, 2.45) is 11.8 Å². The second kappa shape index (κ2) is 11.8. The van der Waals surface area contributed by atoms with Crippen molar-refractivity contribution in [1.82, 2.24) is 10.6 Å². The maximum Gasteiger partial charge on any atom is 0.198 e. The molecule has 194 valence electrons. The summed E-state index contributed by atoms with van der Waals surface area (Å²) in [6.07, 6.45) is 9.07. The zero-order valence-corrected chi connectivity index (χ0v) is 22.0. The molecule has 2 aromatic carbocycles. The van der Waals surface area contributed by atoms with Crippen molar-refractivity contribution in [3.8, 4) is 22.6 Å². The van der Waals surface area contributed by atoms with Gasteiger partial charge in [-0.05, 0) is 88.7 Å². The zero-order chi connectivity index (χ0) is 24.9. The number of piperidine rings is 2. The number of hydrogen-bond acceptors (Lipinski definition) is 5. The number of ether oxygens (including phenoxy) is 2. The van der Waals surface area contributed by atoms with Crippen LogP contribution in [0, 0.1) is 11.8 Å². The molecule has 2 aromatic rings. The zero-order valence-electron chi connectivity index (χ0n) is 22.0. The van der Waals surface area contributed by atoms with E-state index >= 15 is 0 Å².